The van der Waals surface area contributed by atoms with E-state index in [0.29, 0.717) is 6.54 Å². The van der Waals surface area contributed by atoms with E-state index in [-0.39, 0.29) is 12.5 Å². The number of benzene rings is 1. The Morgan fingerprint density at radius 3 is 2.95 bits per heavy atom. The van der Waals surface area contributed by atoms with Crippen LogP contribution in [0.3, 0.4) is 0 Å². The van der Waals surface area contributed by atoms with Gasteiger partial charge in [0.05, 0.1) is 13.3 Å². The quantitative estimate of drug-likeness (QED) is 0.631. The number of hydrogen-bond donors (Lipinski definition) is 1. The van der Waals surface area contributed by atoms with Crippen molar-refractivity contribution in [3.63, 3.8) is 0 Å². The molecule has 2 rings (SSSR count). The van der Waals surface area contributed by atoms with Crippen LogP contribution in [0.25, 0.3) is 0 Å². The molecule has 21 heavy (non-hydrogen) atoms. The Labute approximate surface area is 127 Å². The Balaban J connectivity index is 1.72. The van der Waals surface area contributed by atoms with Crippen molar-refractivity contribution in [3.05, 3.63) is 52.2 Å². The molecule has 2 aromatic rings. The van der Waals surface area contributed by atoms with E-state index in [9.17, 15) is 4.79 Å². The molecule has 0 atom stereocenters. The van der Waals surface area contributed by atoms with Crippen molar-refractivity contribution in [3.8, 4) is 5.75 Å². The summed E-state index contributed by atoms with van der Waals surface area (Å²) in [6.45, 7) is 0.276. The minimum Gasteiger partial charge on any atom is -0.496 e. The summed E-state index contributed by atoms with van der Waals surface area (Å²) in [6, 6.07) is 11.4. The molecular weight excluding hydrogens is 288 g/mol. The number of ether oxygens (including phenoxy) is 1. The Kier molecular flexibility index (Phi) is 5.78. The van der Waals surface area contributed by atoms with Gasteiger partial charge in [0, 0.05) is 17.0 Å². The van der Waals surface area contributed by atoms with Gasteiger partial charge in [-0.05, 0) is 17.5 Å². The van der Waals surface area contributed by atoms with Crippen LogP contribution in [0.15, 0.2) is 46.9 Å². The predicted molar refractivity (Wildman–Crippen MR) is 82.7 cm³/mol. The van der Waals surface area contributed by atoms with Crippen molar-refractivity contribution < 1.29 is 14.4 Å². The second kappa shape index (κ2) is 8.06. The molecule has 0 radical (unpaired) electrons. The number of carbonyl (C=O) groups excluding carboxylic acids is 1. The van der Waals surface area contributed by atoms with E-state index in [4.69, 9.17) is 9.57 Å². The number of para-hydroxylation sites is 1. The maximum absolute atomic E-state index is 11.6. The molecule has 0 saturated carbocycles. The second-order valence-corrected chi connectivity index (χ2v) is 5.09. The molecule has 1 aromatic heterocycles. The summed E-state index contributed by atoms with van der Waals surface area (Å²) in [5.74, 6) is 0.513. The maximum Gasteiger partial charge on any atom is 0.261 e. The molecule has 5 nitrogen and oxygen atoms in total. The topological polar surface area (TPSA) is 59.9 Å². The zero-order valence-corrected chi connectivity index (χ0v) is 12.4. The van der Waals surface area contributed by atoms with Gasteiger partial charge in [0.1, 0.15) is 5.75 Å². The van der Waals surface area contributed by atoms with Crippen molar-refractivity contribution in [2.45, 2.75) is 6.54 Å². The van der Waals surface area contributed by atoms with Crippen LogP contribution in [0.5, 0.6) is 5.75 Å². The van der Waals surface area contributed by atoms with Gasteiger partial charge in [-0.1, -0.05) is 29.4 Å². The lowest BCUT2D eigenvalue weighted by Gasteiger charge is -2.08. The van der Waals surface area contributed by atoms with Gasteiger partial charge < -0.3 is 14.9 Å². The number of nitrogens with one attached hydrogen (secondary N) is 1. The third-order valence-corrected chi connectivity index (χ3v) is 3.47. The molecule has 1 aromatic carbocycles. The van der Waals surface area contributed by atoms with Gasteiger partial charge in [0.25, 0.3) is 5.91 Å². The lowest BCUT2D eigenvalue weighted by Crippen LogP contribution is -2.26. The normalized spacial score (nSPS) is 10.5. The summed E-state index contributed by atoms with van der Waals surface area (Å²) in [5.41, 5.74) is 0.912. The summed E-state index contributed by atoms with van der Waals surface area (Å²) < 4.78 is 5.21. The molecule has 0 aliphatic heterocycles. The zero-order valence-electron chi connectivity index (χ0n) is 11.6. The predicted octanol–water partition coefficient (Wildman–Crippen LogP) is 2.42. The van der Waals surface area contributed by atoms with Gasteiger partial charge in [-0.3, -0.25) is 4.79 Å². The third-order valence-electron chi connectivity index (χ3n) is 2.66. The smallest absolute Gasteiger partial charge is 0.261 e. The Morgan fingerprint density at radius 2 is 2.19 bits per heavy atom. The number of oxime groups is 1. The fourth-order valence-corrected chi connectivity index (χ4v) is 2.22. The van der Waals surface area contributed by atoms with Crippen LogP contribution >= 0.6 is 11.3 Å². The lowest BCUT2D eigenvalue weighted by molar-refractivity contribution is -0.125. The summed E-state index contributed by atoms with van der Waals surface area (Å²) >= 11 is 1.55. The summed E-state index contributed by atoms with van der Waals surface area (Å²) in [4.78, 5) is 17.6. The van der Waals surface area contributed by atoms with Crippen molar-refractivity contribution in [1.82, 2.24) is 5.32 Å². The van der Waals surface area contributed by atoms with Crippen molar-refractivity contribution in [2.75, 3.05) is 13.7 Å². The second-order valence-electron chi connectivity index (χ2n) is 4.11. The van der Waals surface area contributed by atoms with Crippen LogP contribution in [-0.2, 0) is 16.2 Å². The molecule has 1 heterocycles. The first-order chi connectivity index (χ1) is 10.3. The Bertz CT molecular complexity index is 597. The number of methoxy groups -OCH3 is 1. The molecule has 0 spiro atoms. The fourth-order valence-electron chi connectivity index (χ4n) is 1.64. The highest BCUT2D eigenvalue weighted by Crippen LogP contribution is 2.16. The first kappa shape index (κ1) is 15.1. The molecule has 0 aliphatic rings. The van der Waals surface area contributed by atoms with Gasteiger partial charge in [-0.2, -0.15) is 0 Å². The molecule has 0 aliphatic carbocycles. The number of amides is 1. The average molecular weight is 304 g/mol. The van der Waals surface area contributed by atoms with Gasteiger partial charge in [0.15, 0.2) is 6.61 Å². The molecular formula is C15H16N2O3S. The van der Waals surface area contributed by atoms with Crippen LogP contribution in [0, 0.1) is 0 Å². The molecule has 110 valence electrons. The number of thiophene rings is 1. The first-order valence-corrected chi connectivity index (χ1v) is 7.25. The Hall–Kier alpha value is -2.34. The molecule has 0 bridgehead atoms. The minimum atomic E-state index is -0.232. The van der Waals surface area contributed by atoms with Crippen LogP contribution in [0.2, 0.25) is 0 Å². The van der Waals surface area contributed by atoms with E-state index in [2.05, 4.69) is 10.5 Å². The molecule has 6 heteroatoms. The molecule has 1 N–H and O–H groups in total. The standard InChI is InChI=1S/C15H16N2O3S/c1-19-14-7-3-2-5-12(14)9-16-15(18)11-20-17-10-13-6-4-8-21-13/h2-8,10H,9,11H2,1H3,(H,16,18)/b17-10-. The minimum absolute atomic E-state index is 0.114. The van der Waals surface area contributed by atoms with Gasteiger partial charge in [-0.15, -0.1) is 11.3 Å². The van der Waals surface area contributed by atoms with E-state index in [1.165, 1.54) is 0 Å². The third kappa shape index (κ3) is 4.92. The number of nitrogens with zero attached hydrogens (tertiary/aromatic N) is 1. The molecule has 0 fully saturated rings. The number of hydrogen-bond acceptors (Lipinski definition) is 5. The Morgan fingerprint density at radius 1 is 1.33 bits per heavy atom. The van der Waals surface area contributed by atoms with Crippen molar-refractivity contribution >= 4 is 23.5 Å². The highest BCUT2D eigenvalue weighted by Gasteiger charge is 2.05. The van der Waals surface area contributed by atoms with Crippen molar-refractivity contribution in [1.29, 1.82) is 0 Å². The summed E-state index contributed by atoms with van der Waals surface area (Å²) in [6.07, 6.45) is 1.58. The summed E-state index contributed by atoms with van der Waals surface area (Å²) in [7, 11) is 1.60. The highest BCUT2D eigenvalue weighted by molar-refractivity contribution is 7.11. The zero-order chi connectivity index (χ0) is 14.9. The highest BCUT2D eigenvalue weighted by atomic mass is 32.1. The number of rotatable bonds is 7. The van der Waals surface area contributed by atoms with Crippen LogP contribution in [0.4, 0.5) is 0 Å². The summed E-state index contributed by atoms with van der Waals surface area (Å²) in [5, 5.41) is 8.44. The first-order valence-electron chi connectivity index (χ1n) is 6.37. The van der Waals surface area contributed by atoms with Gasteiger partial charge in [0.2, 0.25) is 0 Å². The number of carbonyl (C=O) groups is 1. The fraction of sp³-hybridized carbons (Fsp3) is 0.200. The molecule has 0 saturated heterocycles. The van der Waals surface area contributed by atoms with E-state index >= 15 is 0 Å². The van der Waals surface area contributed by atoms with Crippen molar-refractivity contribution in [2.24, 2.45) is 5.16 Å². The largest absolute Gasteiger partial charge is 0.496 e. The van der Waals surface area contributed by atoms with Crippen LogP contribution in [-0.4, -0.2) is 25.8 Å². The molecule has 1 amide bonds. The SMILES string of the molecule is COc1ccccc1CNC(=O)CO/N=C\c1cccs1. The lowest BCUT2D eigenvalue weighted by atomic mass is 10.2. The van der Waals surface area contributed by atoms with Gasteiger partial charge in [-0.25, -0.2) is 0 Å². The van der Waals surface area contributed by atoms with E-state index in [1.54, 1.807) is 24.7 Å². The monoisotopic (exact) mass is 304 g/mol. The van der Waals surface area contributed by atoms with Gasteiger partial charge >= 0.3 is 0 Å². The van der Waals surface area contributed by atoms with E-state index < -0.39 is 0 Å². The van der Waals surface area contributed by atoms with Crippen LogP contribution in [0.1, 0.15) is 10.4 Å². The molecule has 0 unspecified atom stereocenters. The van der Waals surface area contributed by atoms with Crippen LogP contribution < -0.4 is 10.1 Å². The van der Waals surface area contributed by atoms with E-state index in [0.717, 1.165) is 16.2 Å². The average Bonchev–Trinajstić information content (AvgIpc) is 3.03. The maximum atomic E-state index is 11.6. The van der Waals surface area contributed by atoms with E-state index in [1.807, 2.05) is 41.8 Å².